The number of aliphatic carboxylic acids is 2. The lowest BCUT2D eigenvalue weighted by molar-refractivity contribution is -0.134. The van der Waals surface area contributed by atoms with Gasteiger partial charge in [0.15, 0.2) is 0 Å². The fourth-order valence-corrected chi connectivity index (χ4v) is 4.88. The largest absolute Gasteiger partial charge is 0.496 e. The van der Waals surface area contributed by atoms with E-state index in [-0.39, 0.29) is 24.2 Å². The minimum Gasteiger partial charge on any atom is -0.496 e. The molecule has 0 aliphatic carbocycles. The number of likely N-dealkylation sites (tertiary alicyclic amines) is 1. The van der Waals surface area contributed by atoms with Crippen LogP contribution in [0.3, 0.4) is 0 Å². The van der Waals surface area contributed by atoms with Crippen molar-refractivity contribution in [2.75, 3.05) is 33.3 Å². The van der Waals surface area contributed by atoms with E-state index in [1.54, 1.807) is 19.2 Å². The van der Waals surface area contributed by atoms with Gasteiger partial charge in [0.2, 0.25) is 5.91 Å². The van der Waals surface area contributed by atoms with Crippen molar-refractivity contribution in [1.82, 2.24) is 9.80 Å². The molecule has 2 heterocycles. The molecule has 0 saturated carbocycles. The van der Waals surface area contributed by atoms with Gasteiger partial charge in [-0.25, -0.2) is 9.59 Å². The Balaban J connectivity index is 0.000000436. The van der Waals surface area contributed by atoms with Crippen molar-refractivity contribution < 1.29 is 34.1 Å². The molecule has 0 radical (unpaired) electrons. The standard InChI is InChI=1S/C23H24Cl2N2O3.C4H4O4/c1-30-22-4-2-3-17-18(22)8-10-27(21(17)14-26-9-7-16(28)13-26)23(29)12-15-5-6-19(24)20(25)11-15;5-3(6)1-2-4(7)8/h2-6,11,21H,7-10,12-14H2,1H3;1-2H,(H,5,6)(H,7,8)/b;2-1+. The molecule has 9 nitrogen and oxygen atoms in total. The van der Waals surface area contributed by atoms with Crippen LogP contribution in [0, 0.1) is 0 Å². The molecule has 2 aliphatic rings. The molecule has 2 aromatic carbocycles. The predicted molar refractivity (Wildman–Crippen MR) is 142 cm³/mol. The zero-order valence-electron chi connectivity index (χ0n) is 20.7. The number of hydrogen-bond acceptors (Lipinski definition) is 6. The van der Waals surface area contributed by atoms with Gasteiger partial charge in [0.25, 0.3) is 0 Å². The summed E-state index contributed by atoms with van der Waals surface area (Å²) >= 11 is 12.1. The molecular weight excluding hydrogens is 535 g/mol. The lowest BCUT2D eigenvalue weighted by Crippen LogP contribution is -2.45. The van der Waals surface area contributed by atoms with E-state index in [2.05, 4.69) is 11.0 Å². The molecule has 202 valence electrons. The van der Waals surface area contributed by atoms with Crippen LogP contribution in [0.5, 0.6) is 5.75 Å². The van der Waals surface area contributed by atoms with Crippen LogP contribution in [0.4, 0.5) is 0 Å². The first-order valence-electron chi connectivity index (χ1n) is 11.9. The number of ether oxygens (including phenoxy) is 1. The Morgan fingerprint density at radius 3 is 2.32 bits per heavy atom. The number of benzene rings is 2. The fourth-order valence-electron chi connectivity index (χ4n) is 4.56. The van der Waals surface area contributed by atoms with E-state index in [0.29, 0.717) is 48.3 Å². The van der Waals surface area contributed by atoms with Crippen molar-refractivity contribution in [3.63, 3.8) is 0 Å². The number of nitrogens with zero attached hydrogens (tertiary/aromatic N) is 2. The van der Waals surface area contributed by atoms with Crippen LogP contribution in [0.25, 0.3) is 0 Å². The highest BCUT2D eigenvalue weighted by atomic mass is 35.5. The second-order valence-corrected chi connectivity index (χ2v) is 9.65. The summed E-state index contributed by atoms with van der Waals surface area (Å²) in [6.07, 6.45) is 2.69. The van der Waals surface area contributed by atoms with Gasteiger partial charge in [0.1, 0.15) is 11.5 Å². The molecule has 2 N–H and O–H groups in total. The van der Waals surface area contributed by atoms with E-state index in [1.807, 2.05) is 23.1 Å². The maximum atomic E-state index is 13.3. The molecule has 1 saturated heterocycles. The van der Waals surface area contributed by atoms with Crippen LogP contribution in [-0.4, -0.2) is 76.9 Å². The second-order valence-electron chi connectivity index (χ2n) is 8.84. The van der Waals surface area contributed by atoms with Gasteiger partial charge >= 0.3 is 11.9 Å². The summed E-state index contributed by atoms with van der Waals surface area (Å²) in [6.45, 7) is 2.44. The van der Waals surface area contributed by atoms with E-state index in [0.717, 1.165) is 35.4 Å². The van der Waals surface area contributed by atoms with Crippen molar-refractivity contribution >= 4 is 46.8 Å². The quantitative estimate of drug-likeness (QED) is 0.490. The third-order valence-corrected chi connectivity index (χ3v) is 7.03. The highest BCUT2D eigenvalue weighted by Gasteiger charge is 2.34. The molecule has 1 fully saturated rings. The average Bonchev–Trinajstić information content (AvgIpc) is 3.29. The number of ketones is 1. The molecule has 4 rings (SSSR count). The van der Waals surface area contributed by atoms with Gasteiger partial charge in [-0.15, -0.1) is 0 Å². The van der Waals surface area contributed by atoms with E-state index < -0.39 is 11.9 Å². The van der Waals surface area contributed by atoms with Crippen LogP contribution < -0.4 is 4.74 Å². The van der Waals surface area contributed by atoms with Crippen molar-refractivity contribution in [1.29, 1.82) is 0 Å². The Bertz CT molecular complexity index is 1230. The molecule has 11 heteroatoms. The SMILES string of the molecule is COc1cccc2c1CCN(C(=O)Cc1ccc(Cl)c(Cl)c1)C2CN1CCC(=O)C1.O=C(O)/C=C/C(=O)O. The number of halogens is 2. The molecule has 0 aromatic heterocycles. The highest BCUT2D eigenvalue weighted by molar-refractivity contribution is 6.42. The van der Waals surface area contributed by atoms with E-state index in [1.165, 1.54) is 0 Å². The van der Waals surface area contributed by atoms with Crippen LogP contribution in [-0.2, 0) is 32.0 Å². The Labute approximate surface area is 230 Å². The maximum absolute atomic E-state index is 13.3. The Kier molecular flexibility index (Phi) is 10.3. The van der Waals surface area contributed by atoms with Gasteiger partial charge in [-0.05, 0) is 35.7 Å². The molecule has 0 spiro atoms. The first-order chi connectivity index (χ1) is 18.1. The van der Waals surface area contributed by atoms with Crippen molar-refractivity contribution in [2.24, 2.45) is 0 Å². The van der Waals surface area contributed by atoms with Crippen molar-refractivity contribution in [3.8, 4) is 5.75 Å². The van der Waals surface area contributed by atoms with E-state index in [4.69, 9.17) is 38.2 Å². The van der Waals surface area contributed by atoms with Gasteiger partial charge in [0.05, 0.1) is 36.2 Å². The third kappa shape index (κ3) is 7.80. The lowest BCUT2D eigenvalue weighted by Gasteiger charge is -2.39. The molecule has 2 aliphatic heterocycles. The van der Waals surface area contributed by atoms with Gasteiger partial charge in [-0.1, -0.05) is 41.4 Å². The minimum atomic E-state index is -1.26. The summed E-state index contributed by atoms with van der Waals surface area (Å²) in [4.78, 5) is 48.3. The number of carbonyl (C=O) groups is 4. The predicted octanol–water partition coefficient (Wildman–Crippen LogP) is 3.66. The van der Waals surface area contributed by atoms with Crippen LogP contribution >= 0.6 is 23.2 Å². The number of amides is 1. The summed E-state index contributed by atoms with van der Waals surface area (Å²) in [5.74, 6) is -1.37. The molecular formula is C27H28Cl2N2O7. The molecule has 1 unspecified atom stereocenters. The summed E-state index contributed by atoms with van der Waals surface area (Å²) < 4.78 is 5.57. The number of carboxylic acids is 2. The van der Waals surface area contributed by atoms with Crippen molar-refractivity contribution in [3.05, 3.63) is 75.3 Å². The Morgan fingerprint density at radius 2 is 1.74 bits per heavy atom. The summed E-state index contributed by atoms with van der Waals surface area (Å²) in [6, 6.07) is 11.2. The number of Topliss-reactive ketones (excluding diaryl/α,β-unsaturated/α-hetero) is 1. The monoisotopic (exact) mass is 562 g/mol. The van der Waals surface area contributed by atoms with Crippen LogP contribution in [0.15, 0.2) is 48.6 Å². The topological polar surface area (TPSA) is 124 Å². The summed E-state index contributed by atoms with van der Waals surface area (Å²) in [7, 11) is 1.67. The first kappa shape index (κ1) is 29.2. The Hall–Kier alpha value is -3.40. The third-order valence-electron chi connectivity index (χ3n) is 6.29. The summed E-state index contributed by atoms with van der Waals surface area (Å²) in [5.41, 5.74) is 3.08. The van der Waals surface area contributed by atoms with Crippen LogP contribution in [0.1, 0.15) is 29.2 Å². The normalized spacial score (nSPS) is 17.1. The Morgan fingerprint density at radius 1 is 1.03 bits per heavy atom. The van der Waals surface area contributed by atoms with Gasteiger partial charge < -0.3 is 19.8 Å². The number of fused-ring (bicyclic) bond motifs is 1. The zero-order chi connectivity index (χ0) is 27.8. The number of carbonyl (C=O) groups excluding carboxylic acids is 2. The molecule has 1 amide bonds. The maximum Gasteiger partial charge on any atom is 0.328 e. The van der Waals surface area contributed by atoms with Crippen molar-refractivity contribution in [2.45, 2.75) is 25.3 Å². The first-order valence-corrected chi connectivity index (χ1v) is 12.6. The molecule has 38 heavy (non-hydrogen) atoms. The fraction of sp³-hybridized carbons (Fsp3) is 0.333. The van der Waals surface area contributed by atoms with Gasteiger partial charge in [-0.2, -0.15) is 0 Å². The summed E-state index contributed by atoms with van der Waals surface area (Å²) in [5, 5.41) is 16.5. The minimum absolute atomic E-state index is 0.0392. The van der Waals surface area contributed by atoms with Crippen LogP contribution in [0.2, 0.25) is 10.0 Å². The van der Waals surface area contributed by atoms with Gasteiger partial charge in [-0.3, -0.25) is 14.5 Å². The van der Waals surface area contributed by atoms with E-state index in [9.17, 15) is 19.2 Å². The van der Waals surface area contributed by atoms with Gasteiger partial charge in [0, 0.05) is 43.8 Å². The highest BCUT2D eigenvalue weighted by Crippen LogP contribution is 2.36. The zero-order valence-corrected chi connectivity index (χ0v) is 22.2. The molecule has 2 aromatic rings. The smallest absolute Gasteiger partial charge is 0.328 e. The lowest BCUT2D eigenvalue weighted by atomic mass is 9.90. The average molecular weight is 563 g/mol. The second kappa shape index (κ2) is 13.4. The number of hydrogen-bond donors (Lipinski definition) is 2. The molecule has 1 atom stereocenters. The molecule has 0 bridgehead atoms. The number of methoxy groups -OCH3 is 1. The number of carboxylic acid groups (broad SMARTS) is 2. The van der Waals surface area contributed by atoms with E-state index >= 15 is 0 Å². The number of rotatable bonds is 7.